The van der Waals surface area contributed by atoms with Crippen LogP contribution in [0, 0.1) is 5.41 Å². The van der Waals surface area contributed by atoms with E-state index in [0.717, 1.165) is 5.69 Å². The van der Waals surface area contributed by atoms with E-state index in [4.69, 9.17) is 0 Å². The van der Waals surface area contributed by atoms with Crippen LogP contribution in [0.25, 0.3) is 0 Å². The van der Waals surface area contributed by atoms with Crippen LogP contribution in [-0.4, -0.2) is 19.4 Å². The van der Waals surface area contributed by atoms with Crippen LogP contribution < -0.4 is 5.32 Å². The minimum Gasteiger partial charge on any atom is -0.388 e. The van der Waals surface area contributed by atoms with Crippen LogP contribution in [0.15, 0.2) is 30.3 Å². The zero-order chi connectivity index (χ0) is 15.3. The van der Waals surface area contributed by atoms with Crippen LogP contribution in [0.3, 0.4) is 0 Å². The third-order valence-corrected chi connectivity index (χ3v) is 2.48. The monoisotopic (exact) mass is 287 g/mol. The first-order chi connectivity index (χ1) is 8.43. The lowest BCUT2D eigenvalue weighted by atomic mass is 9.92. The Labute approximate surface area is 107 Å². The van der Waals surface area contributed by atoms with Crippen molar-refractivity contribution in [2.75, 3.05) is 12.4 Å². The van der Waals surface area contributed by atoms with Gasteiger partial charge >= 0.3 is 12.4 Å². The van der Waals surface area contributed by atoms with E-state index in [-0.39, 0.29) is 13.8 Å². The number of rotatable bonds is 1. The number of para-hydroxylation sites is 1. The second kappa shape index (κ2) is 6.16. The fourth-order valence-corrected chi connectivity index (χ4v) is 0.766. The van der Waals surface area contributed by atoms with Gasteiger partial charge in [-0.2, -0.15) is 26.3 Å². The van der Waals surface area contributed by atoms with Crippen molar-refractivity contribution < 1.29 is 26.3 Å². The van der Waals surface area contributed by atoms with Crippen molar-refractivity contribution in [3.63, 3.8) is 0 Å². The second-order valence-electron chi connectivity index (χ2n) is 4.24. The number of alkyl halides is 6. The van der Waals surface area contributed by atoms with Gasteiger partial charge in [0.05, 0.1) is 0 Å². The molecule has 0 radical (unpaired) electrons. The van der Waals surface area contributed by atoms with E-state index in [1.165, 1.54) is 0 Å². The van der Waals surface area contributed by atoms with Crippen LogP contribution in [-0.2, 0) is 0 Å². The van der Waals surface area contributed by atoms with Crippen molar-refractivity contribution in [3.8, 4) is 0 Å². The molecule has 1 N–H and O–H groups in total. The molecule has 0 atom stereocenters. The van der Waals surface area contributed by atoms with Gasteiger partial charge < -0.3 is 5.32 Å². The molecule has 1 rings (SSSR count). The van der Waals surface area contributed by atoms with Crippen LogP contribution >= 0.6 is 0 Å². The Kier molecular flexibility index (Phi) is 5.71. The van der Waals surface area contributed by atoms with E-state index in [9.17, 15) is 26.3 Å². The summed E-state index contributed by atoms with van der Waals surface area (Å²) < 4.78 is 69.7. The highest BCUT2D eigenvalue weighted by molar-refractivity contribution is 5.41. The molecule has 1 nitrogen and oxygen atoms in total. The van der Waals surface area contributed by atoms with E-state index < -0.39 is 17.8 Å². The molecule has 0 heterocycles. The van der Waals surface area contributed by atoms with Gasteiger partial charge in [0, 0.05) is 12.7 Å². The Morgan fingerprint density at radius 3 is 1.32 bits per heavy atom. The smallest absolute Gasteiger partial charge is 0.388 e. The fraction of sp³-hybridized carbons (Fsp3) is 0.500. The van der Waals surface area contributed by atoms with Crippen LogP contribution in [0.2, 0.25) is 0 Å². The minimum absolute atomic E-state index is 0.104. The molecule has 0 aromatic heterocycles. The van der Waals surface area contributed by atoms with Crippen molar-refractivity contribution in [2.45, 2.75) is 26.2 Å². The molecule has 7 heteroatoms. The molecule has 0 spiro atoms. The van der Waals surface area contributed by atoms with E-state index in [2.05, 4.69) is 5.32 Å². The Morgan fingerprint density at radius 2 is 1.16 bits per heavy atom. The predicted molar refractivity (Wildman–Crippen MR) is 61.9 cm³/mol. The van der Waals surface area contributed by atoms with Crippen molar-refractivity contribution in [1.29, 1.82) is 0 Å². The van der Waals surface area contributed by atoms with Crippen molar-refractivity contribution in [1.82, 2.24) is 0 Å². The van der Waals surface area contributed by atoms with Crippen LogP contribution in [0.4, 0.5) is 32.0 Å². The molecule has 0 saturated carbocycles. The Bertz CT molecular complexity index is 350. The maximum atomic E-state index is 11.6. The topological polar surface area (TPSA) is 12.0 Å². The van der Waals surface area contributed by atoms with E-state index in [1.54, 1.807) is 0 Å². The first-order valence-corrected chi connectivity index (χ1v) is 5.29. The largest absolute Gasteiger partial charge is 0.402 e. The van der Waals surface area contributed by atoms with E-state index in [0.29, 0.717) is 0 Å². The third-order valence-electron chi connectivity index (χ3n) is 2.48. The number of halogens is 6. The number of hydrogen-bond acceptors (Lipinski definition) is 1. The van der Waals surface area contributed by atoms with Gasteiger partial charge in [0.2, 0.25) is 0 Å². The first-order valence-electron chi connectivity index (χ1n) is 5.29. The van der Waals surface area contributed by atoms with Crippen molar-refractivity contribution >= 4 is 5.69 Å². The van der Waals surface area contributed by atoms with Gasteiger partial charge in [0.25, 0.3) is 0 Å². The lowest BCUT2D eigenvalue weighted by Gasteiger charge is -2.29. The first kappa shape index (κ1) is 17.6. The molecule has 0 unspecified atom stereocenters. The highest BCUT2D eigenvalue weighted by Crippen LogP contribution is 2.49. The average Bonchev–Trinajstić information content (AvgIpc) is 2.28. The normalized spacial score (nSPS) is 12.5. The highest BCUT2D eigenvalue weighted by Gasteiger charge is 2.64. The van der Waals surface area contributed by atoms with Crippen LogP contribution in [0.5, 0.6) is 0 Å². The Balaban J connectivity index is 0.000000356. The molecule has 19 heavy (non-hydrogen) atoms. The average molecular weight is 287 g/mol. The zero-order valence-electron chi connectivity index (χ0n) is 10.7. The van der Waals surface area contributed by atoms with Crippen molar-refractivity contribution in [3.05, 3.63) is 30.3 Å². The summed E-state index contributed by atoms with van der Waals surface area (Å²) in [6.07, 6.45) is -10.5. The summed E-state index contributed by atoms with van der Waals surface area (Å²) in [7, 11) is 1.91. The molecule has 0 aliphatic rings. The quantitative estimate of drug-likeness (QED) is 0.727. The SMILES string of the molecule is CC(C)(C(F)(F)F)C(F)(F)F.CNc1ccccc1. The summed E-state index contributed by atoms with van der Waals surface area (Å²) in [5, 5.41) is 3.03. The summed E-state index contributed by atoms with van der Waals surface area (Å²) in [5.74, 6) is 0. The van der Waals surface area contributed by atoms with Crippen molar-refractivity contribution in [2.24, 2.45) is 5.41 Å². The van der Waals surface area contributed by atoms with Gasteiger partial charge in [-0.05, 0) is 26.0 Å². The molecule has 1 aromatic carbocycles. The molecule has 0 fully saturated rings. The number of benzene rings is 1. The maximum absolute atomic E-state index is 11.6. The molecular weight excluding hydrogens is 272 g/mol. The molecule has 110 valence electrons. The summed E-state index contributed by atoms with van der Waals surface area (Å²) in [6.45, 7) is 0.208. The highest BCUT2D eigenvalue weighted by atomic mass is 19.4. The maximum Gasteiger partial charge on any atom is 0.402 e. The molecule has 0 bridgehead atoms. The molecule has 0 saturated heterocycles. The predicted octanol–water partition coefficient (Wildman–Crippen LogP) is 4.87. The number of hydrogen-bond donors (Lipinski definition) is 1. The van der Waals surface area contributed by atoms with Gasteiger partial charge in [-0.15, -0.1) is 0 Å². The van der Waals surface area contributed by atoms with Gasteiger partial charge in [-0.1, -0.05) is 18.2 Å². The molecular formula is C12H15F6N. The number of nitrogens with one attached hydrogen (secondary N) is 1. The minimum atomic E-state index is -5.24. The summed E-state index contributed by atoms with van der Waals surface area (Å²) >= 11 is 0. The van der Waals surface area contributed by atoms with Gasteiger partial charge in [0.15, 0.2) is 5.41 Å². The summed E-state index contributed by atoms with van der Waals surface area (Å²) in [4.78, 5) is 0. The van der Waals surface area contributed by atoms with Gasteiger partial charge in [0.1, 0.15) is 0 Å². The Morgan fingerprint density at radius 1 is 0.789 bits per heavy atom. The molecule has 1 aromatic rings. The lowest BCUT2D eigenvalue weighted by Crippen LogP contribution is -2.44. The van der Waals surface area contributed by atoms with Crippen LogP contribution in [0.1, 0.15) is 13.8 Å². The van der Waals surface area contributed by atoms with E-state index >= 15 is 0 Å². The molecule has 0 aliphatic heterocycles. The van der Waals surface area contributed by atoms with Gasteiger partial charge in [-0.25, -0.2) is 0 Å². The standard InChI is InChI=1S/C7H9N.C5H6F6/c1-8-7-5-3-2-4-6-7;1-3(2,4(6,7)8)5(9,10)11/h2-6,8H,1H3;1-2H3. The fourth-order valence-electron chi connectivity index (χ4n) is 0.766. The molecule has 0 amide bonds. The number of anilines is 1. The summed E-state index contributed by atoms with van der Waals surface area (Å²) in [6, 6.07) is 10.1. The van der Waals surface area contributed by atoms with Gasteiger partial charge in [-0.3, -0.25) is 0 Å². The molecule has 0 aliphatic carbocycles. The third kappa shape index (κ3) is 5.00. The van der Waals surface area contributed by atoms with E-state index in [1.807, 2.05) is 37.4 Å². The Hall–Kier alpha value is -1.40. The second-order valence-corrected chi connectivity index (χ2v) is 4.24. The zero-order valence-corrected chi connectivity index (χ0v) is 10.7. The lowest BCUT2D eigenvalue weighted by molar-refractivity contribution is -0.327. The summed E-state index contributed by atoms with van der Waals surface area (Å²) in [5.41, 5.74) is -2.47.